The molecule has 2 aliphatic heterocycles. The monoisotopic (exact) mass is 375 g/mol. The van der Waals surface area contributed by atoms with Crippen molar-refractivity contribution in [1.29, 1.82) is 0 Å². The second-order valence-electron chi connectivity index (χ2n) is 10.3. The van der Waals surface area contributed by atoms with Crippen LogP contribution in [0.4, 0.5) is 5.69 Å². The lowest BCUT2D eigenvalue weighted by Gasteiger charge is -2.62. The van der Waals surface area contributed by atoms with E-state index in [4.69, 9.17) is 0 Å². The van der Waals surface area contributed by atoms with E-state index in [-0.39, 0.29) is 5.66 Å². The molecular formula is C23H29N5. The number of anilines is 1. The first-order valence-electron chi connectivity index (χ1n) is 11.3. The molecule has 0 unspecified atom stereocenters. The summed E-state index contributed by atoms with van der Waals surface area (Å²) < 4.78 is 2.19. The molecule has 1 aromatic carbocycles. The number of hydrogen-bond acceptors (Lipinski definition) is 4. The Labute approximate surface area is 166 Å². The van der Waals surface area contributed by atoms with Gasteiger partial charge in [0.05, 0.1) is 0 Å². The van der Waals surface area contributed by atoms with Crippen molar-refractivity contribution in [2.24, 2.45) is 17.8 Å². The summed E-state index contributed by atoms with van der Waals surface area (Å²) in [5.74, 6) is 4.08. The van der Waals surface area contributed by atoms with Crippen LogP contribution >= 0.6 is 0 Å². The minimum Gasteiger partial charge on any atom is -0.360 e. The number of rotatable bonds is 1. The number of piperidine rings is 1. The Morgan fingerprint density at radius 2 is 1.61 bits per heavy atom. The number of aromatic nitrogens is 3. The third kappa shape index (κ3) is 2.06. The van der Waals surface area contributed by atoms with Crippen molar-refractivity contribution >= 4 is 5.69 Å². The molecule has 6 aliphatic rings. The summed E-state index contributed by atoms with van der Waals surface area (Å²) in [6.45, 7) is 2.36. The van der Waals surface area contributed by atoms with Crippen molar-refractivity contribution in [2.75, 3.05) is 18.4 Å². The summed E-state index contributed by atoms with van der Waals surface area (Å²) >= 11 is 0. The standard InChI is InChI=1S/C23H29N5/c1-2-4-20-19(3-1)21-24-15-25-28(21)23(26-20)5-7-27(8-6-23)22-12-16-9-17(13-22)11-18(10-16)14-22/h1-4,15-18,26H,5-14H2. The molecule has 0 radical (unpaired) electrons. The molecule has 1 saturated heterocycles. The quantitative estimate of drug-likeness (QED) is 0.816. The van der Waals surface area contributed by atoms with Crippen molar-refractivity contribution in [3.8, 4) is 11.4 Å². The molecule has 3 heterocycles. The van der Waals surface area contributed by atoms with Crippen LogP contribution in [0.1, 0.15) is 51.4 Å². The molecule has 146 valence electrons. The van der Waals surface area contributed by atoms with E-state index < -0.39 is 0 Å². The Kier molecular flexibility index (Phi) is 3.07. The van der Waals surface area contributed by atoms with Gasteiger partial charge >= 0.3 is 0 Å². The van der Waals surface area contributed by atoms with Crippen molar-refractivity contribution in [3.05, 3.63) is 30.6 Å². The van der Waals surface area contributed by atoms with Gasteiger partial charge in [-0.1, -0.05) is 12.1 Å². The Balaban J connectivity index is 1.19. The van der Waals surface area contributed by atoms with Gasteiger partial charge in [0.1, 0.15) is 12.0 Å². The molecule has 5 heteroatoms. The van der Waals surface area contributed by atoms with Crippen molar-refractivity contribution < 1.29 is 0 Å². The van der Waals surface area contributed by atoms with Gasteiger partial charge in [-0.05, 0) is 68.4 Å². The zero-order valence-electron chi connectivity index (χ0n) is 16.5. The van der Waals surface area contributed by atoms with Gasteiger partial charge in [-0.3, -0.25) is 4.90 Å². The van der Waals surface area contributed by atoms with Crippen LogP contribution in [0.3, 0.4) is 0 Å². The second-order valence-corrected chi connectivity index (χ2v) is 10.3. The van der Waals surface area contributed by atoms with Crippen LogP contribution in [0.15, 0.2) is 30.6 Å². The largest absolute Gasteiger partial charge is 0.360 e. The Morgan fingerprint density at radius 1 is 0.929 bits per heavy atom. The molecule has 4 bridgehead atoms. The number of nitrogens with one attached hydrogen (secondary N) is 1. The van der Waals surface area contributed by atoms with Gasteiger partial charge in [0.2, 0.25) is 0 Å². The molecule has 8 rings (SSSR count). The van der Waals surface area contributed by atoms with E-state index in [1.165, 1.54) is 62.9 Å². The van der Waals surface area contributed by atoms with Gasteiger partial charge < -0.3 is 5.32 Å². The van der Waals surface area contributed by atoms with Crippen molar-refractivity contribution in [1.82, 2.24) is 19.7 Å². The fourth-order valence-corrected chi connectivity index (χ4v) is 7.97. The van der Waals surface area contributed by atoms with Gasteiger partial charge in [-0.2, -0.15) is 5.10 Å². The Bertz CT molecular complexity index is 887. The Morgan fingerprint density at radius 3 is 2.32 bits per heavy atom. The van der Waals surface area contributed by atoms with Crippen LogP contribution in [0.5, 0.6) is 0 Å². The maximum atomic E-state index is 4.67. The zero-order chi connectivity index (χ0) is 18.3. The second kappa shape index (κ2) is 5.38. The molecule has 1 aromatic heterocycles. The molecule has 5 fully saturated rings. The molecule has 0 amide bonds. The summed E-state index contributed by atoms with van der Waals surface area (Å²) in [7, 11) is 0. The van der Waals surface area contributed by atoms with Crippen LogP contribution in [-0.2, 0) is 5.66 Å². The minimum atomic E-state index is -0.112. The minimum absolute atomic E-state index is 0.112. The first kappa shape index (κ1) is 16.0. The molecule has 28 heavy (non-hydrogen) atoms. The highest BCUT2D eigenvalue weighted by Gasteiger charge is 2.55. The molecule has 5 nitrogen and oxygen atoms in total. The van der Waals surface area contributed by atoms with Crippen molar-refractivity contribution in [3.63, 3.8) is 0 Å². The fourth-order valence-electron chi connectivity index (χ4n) is 7.97. The average Bonchev–Trinajstić information content (AvgIpc) is 3.19. The highest BCUT2D eigenvalue weighted by Crippen LogP contribution is 2.58. The molecule has 1 N–H and O–H groups in total. The number of para-hydroxylation sites is 1. The lowest BCUT2D eigenvalue weighted by Crippen LogP contribution is -2.64. The van der Waals surface area contributed by atoms with E-state index in [1.54, 1.807) is 6.33 Å². The SMILES string of the molecule is c1ccc2c(c1)NC1(CCN(C34CC5CC(CC(C5)C3)C4)CC1)n1ncnc1-2. The summed E-state index contributed by atoms with van der Waals surface area (Å²) in [6.07, 6.45) is 12.9. The van der Waals surface area contributed by atoms with Crippen LogP contribution in [0, 0.1) is 17.8 Å². The van der Waals surface area contributed by atoms with E-state index in [9.17, 15) is 0 Å². The number of nitrogens with zero attached hydrogens (tertiary/aromatic N) is 4. The van der Waals surface area contributed by atoms with Gasteiger partial charge in [0.15, 0.2) is 5.82 Å². The van der Waals surface area contributed by atoms with E-state index in [1.807, 2.05) is 0 Å². The van der Waals surface area contributed by atoms with Crippen LogP contribution in [-0.4, -0.2) is 38.3 Å². The van der Waals surface area contributed by atoms with Crippen LogP contribution in [0.25, 0.3) is 11.4 Å². The predicted molar refractivity (Wildman–Crippen MR) is 109 cm³/mol. The van der Waals surface area contributed by atoms with Gasteiger partial charge in [0, 0.05) is 42.7 Å². The third-order valence-corrected chi connectivity index (χ3v) is 8.76. The molecule has 2 aromatic rings. The summed E-state index contributed by atoms with van der Waals surface area (Å²) in [5, 5.41) is 8.56. The molecular weight excluding hydrogens is 346 g/mol. The van der Waals surface area contributed by atoms with Crippen LogP contribution < -0.4 is 5.32 Å². The maximum absolute atomic E-state index is 4.67. The lowest BCUT2D eigenvalue weighted by atomic mass is 9.52. The first-order chi connectivity index (χ1) is 13.7. The topological polar surface area (TPSA) is 46.0 Å². The van der Waals surface area contributed by atoms with E-state index in [2.05, 4.69) is 49.2 Å². The average molecular weight is 376 g/mol. The van der Waals surface area contributed by atoms with Gasteiger partial charge in [0.25, 0.3) is 0 Å². The smallest absolute Gasteiger partial charge is 0.162 e. The van der Waals surface area contributed by atoms with Gasteiger partial charge in [-0.15, -0.1) is 0 Å². The molecule has 4 aliphatic carbocycles. The number of likely N-dealkylation sites (tertiary alicyclic amines) is 1. The summed E-state index contributed by atoms with van der Waals surface area (Å²) in [5.41, 5.74) is 2.80. The summed E-state index contributed by atoms with van der Waals surface area (Å²) in [6, 6.07) is 8.56. The zero-order valence-corrected chi connectivity index (χ0v) is 16.5. The summed E-state index contributed by atoms with van der Waals surface area (Å²) in [4.78, 5) is 7.52. The number of hydrogen-bond donors (Lipinski definition) is 1. The highest BCUT2D eigenvalue weighted by molar-refractivity contribution is 5.76. The van der Waals surface area contributed by atoms with E-state index >= 15 is 0 Å². The third-order valence-electron chi connectivity index (χ3n) is 8.76. The molecule has 4 saturated carbocycles. The first-order valence-corrected chi connectivity index (χ1v) is 11.3. The number of fused-ring (bicyclic) bond motifs is 4. The normalized spacial score (nSPS) is 37.5. The van der Waals surface area contributed by atoms with Crippen molar-refractivity contribution in [2.45, 2.75) is 62.6 Å². The van der Waals surface area contributed by atoms with Gasteiger partial charge in [-0.25, -0.2) is 9.67 Å². The van der Waals surface area contributed by atoms with Crippen LogP contribution in [0.2, 0.25) is 0 Å². The lowest BCUT2D eigenvalue weighted by molar-refractivity contribution is -0.103. The number of benzene rings is 1. The predicted octanol–water partition coefficient (Wildman–Crippen LogP) is 4.09. The van der Waals surface area contributed by atoms with E-state index in [0.717, 1.165) is 36.4 Å². The molecule has 0 atom stereocenters. The fraction of sp³-hybridized carbons (Fsp3) is 0.652. The maximum Gasteiger partial charge on any atom is 0.162 e. The highest BCUT2D eigenvalue weighted by atomic mass is 15.5. The van der Waals surface area contributed by atoms with E-state index in [0.29, 0.717) is 5.54 Å². The molecule has 1 spiro atoms. The Hall–Kier alpha value is -1.88.